The molecule has 0 radical (unpaired) electrons. The molecule has 0 aliphatic heterocycles. The van der Waals surface area contributed by atoms with E-state index in [1.807, 2.05) is 13.8 Å². The van der Waals surface area contributed by atoms with Crippen LogP contribution in [-0.4, -0.2) is 15.0 Å². The SMILES string of the molecule is Cc1nc2nc(N)nc(N)c2c(C)c1Cc1ccc(C(F)(F)F)cc1. The number of rotatable bonds is 2. The lowest BCUT2D eigenvalue weighted by atomic mass is 9.96. The molecule has 2 aromatic heterocycles. The molecule has 1 aromatic carbocycles. The highest BCUT2D eigenvalue weighted by atomic mass is 19.4. The fourth-order valence-corrected chi connectivity index (χ4v) is 2.85. The van der Waals surface area contributed by atoms with Gasteiger partial charge in [0.1, 0.15) is 5.82 Å². The predicted molar refractivity (Wildman–Crippen MR) is 89.9 cm³/mol. The smallest absolute Gasteiger partial charge is 0.383 e. The molecule has 8 heteroatoms. The van der Waals surface area contributed by atoms with E-state index in [0.717, 1.165) is 34.5 Å². The quantitative estimate of drug-likeness (QED) is 0.741. The zero-order chi connectivity index (χ0) is 18.4. The molecular formula is C17H16F3N5. The van der Waals surface area contributed by atoms with Crippen LogP contribution in [0.5, 0.6) is 0 Å². The molecule has 0 unspecified atom stereocenters. The molecule has 0 bridgehead atoms. The molecule has 0 atom stereocenters. The van der Waals surface area contributed by atoms with Gasteiger partial charge in [0.25, 0.3) is 0 Å². The van der Waals surface area contributed by atoms with Crippen molar-refractivity contribution in [2.24, 2.45) is 0 Å². The van der Waals surface area contributed by atoms with Crippen LogP contribution in [0.25, 0.3) is 11.0 Å². The fourth-order valence-electron chi connectivity index (χ4n) is 2.85. The van der Waals surface area contributed by atoms with Crippen LogP contribution in [0, 0.1) is 13.8 Å². The maximum atomic E-state index is 12.7. The Morgan fingerprint density at radius 2 is 1.60 bits per heavy atom. The zero-order valence-corrected chi connectivity index (χ0v) is 13.6. The highest BCUT2D eigenvalue weighted by Gasteiger charge is 2.30. The normalized spacial score (nSPS) is 11.9. The first-order valence-electron chi connectivity index (χ1n) is 7.51. The number of aromatic nitrogens is 3. The van der Waals surface area contributed by atoms with Crippen molar-refractivity contribution in [3.8, 4) is 0 Å². The van der Waals surface area contributed by atoms with Gasteiger partial charge in [-0.05, 0) is 49.1 Å². The Bertz CT molecular complexity index is 949. The van der Waals surface area contributed by atoms with E-state index in [0.29, 0.717) is 17.5 Å². The van der Waals surface area contributed by atoms with E-state index in [9.17, 15) is 13.2 Å². The Morgan fingerprint density at radius 1 is 0.960 bits per heavy atom. The number of fused-ring (bicyclic) bond motifs is 1. The number of nitrogens with zero attached hydrogens (tertiary/aromatic N) is 3. The summed E-state index contributed by atoms with van der Waals surface area (Å²) in [5.74, 6) is 0.285. The van der Waals surface area contributed by atoms with E-state index in [1.54, 1.807) is 0 Å². The number of benzene rings is 1. The summed E-state index contributed by atoms with van der Waals surface area (Å²) in [6, 6.07) is 5.09. The molecule has 130 valence electrons. The van der Waals surface area contributed by atoms with Gasteiger partial charge in [-0.2, -0.15) is 23.1 Å². The number of alkyl halides is 3. The van der Waals surface area contributed by atoms with Crippen molar-refractivity contribution in [1.29, 1.82) is 0 Å². The van der Waals surface area contributed by atoms with Crippen molar-refractivity contribution in [2.75, 3.05) is 11.5 Å². The molecule has 0 amide bonds. The Hall–Kier alpha value is -2.90. The van der Waals surface area contributed by atoms with Crippen molar-refractivity contribution >= 4 is 22.8 Å². The van der Waals surface area contributed by atoms with Crippen LogP contribution in [-0.2, 0) is 12.6 Å². The van der Waals surface area contributed by atoms with Crippen LogP contribution in [0.2, 0.25) is 0 Å². The third-order valence-electron chi connectivity index (χ3n) is 4.14. The minimum absolute atomic E-state index is 0.0480. The summed E-state index contributed by atoms with van der Waals surface area (Å²) in [5, 5.41) is 0.613. The highest BCUT2D eigenvalue weighted by Crippen LogP contribution is 2.31. The van der Waals surface area contributed by atoms with Gasteiger partial charge < -0.3 is 11.5 Å². The van der Waals surface area contributed by atoms with Crippen LogP contribution in [0.4, 0.5) is 24.9 Å². The van der Waals surface area contributed by atoms with Gasteiger partial charge in [0.2, 0.25) is 5.95 Å². The molecule has 3 rings (SSSR count). The lowest BCUT2D eigenvalue weighted by molar-refractivity contribution is -0.137. The maximum absolute atomic E-state index is 12.7. The second kappa shape index (κ2) is 5.87. The van der Waals surface area contributed by atoms with E-state index >= 15 is 0 Å². The first-order chi connectivity index (χ1) is 11.7. The monoisotopic (exact) mass is 347 g/mol. The molecule has 0 aliphatic rings. The highest BCUT2D eigenvalue weighted by molar-refractivity contribution is 5.90. The van der Waals surface area contributed by atoms with Crippen molar-refractivity contribution in [2.45, 2.75) is 26.4 Å². The number of nitrogen functional groups attached to an aromatic ring is 2. The number of aryl methyl sites for hydroxylation is 2. The van der Waals surface area contributed by atoms with Gasteiger partial charge >= 0.3 is 6.18 Å². The molecule has 0 saturated heterocycles. The van der Waals surface area contributed by atoms with Gasteiger partial charge in [0, 0.05) is 5.69 Å². The van der Waals surface area contributed by atoms with E-state index in [-0.39, 0.29) is 11.8 Å². The van der Waals surface area contributed by atoms with Gasteiger partial charge in [0.15, 0.2) is 5.65 Å². The first kappa shape index (κ1) is 16.9. The number of anilines is 2. The Kier molecular flexibility index (Phi) is 3.98. The van der Waals surface area contributed by atoms with E-state index in [1.165, 1.54) is 12.1 Å². The third kappa shape index (κ3) is 3.19. The number of hydrogen-bond acceptors (Lipinski definition) is 5. The standard InChI is InChI=1S/C17H16F3N5/c1-8-12(7-10-3-5-11(6-4-10)17(18,19)20)9(2)23-15-13(8)14(21)24-16(22)25-15/h3-6H,7H2,1-2H3,(H4,21,22,23,24,25). The van der Waals surface area contributed by atoms with Crippen LogP contribution in [0.1, 0.15) is 27.9 Å². The Morgan fingerprint density at radius 3 is 2.20 bits per heavy atom. The second-order valence-electron chi connectivity index (χ2n) is 5.84. The first-order valence-corrected chi connectivity index (χ1v) is 7.51. The summed E-state index contributed by atoms with van der Waals surface area (Å²) in [5.41, 5.74) is 14.5. The van der Waals surface area contributed by atoms with E-state index < -0.39 is 11.7 Å². The summed E-state index contributed by atoms with van der Waals surface area (Å²) in [6.07, 6.45) is -3.91. The van der Waals surface area contributed by atoms with E-state index in [4.69, 9.17) is 11.5 Å². The molecule has 0 aliphatic carbocycles. The molecule has 3 aromatic rings. The molecule has 0 saturated carbocycles. The predicted octanol–water partition coefficient (Wildman–Crippen LogP) is 3.42. The Balaban J connectivity index is 2.04. The second-order valence-corrected chi connectivity index (χ2v) is 5.84. The molecule has 5 nitrogen and oxygen atoms in total. The van der Waals surface area contributed by atoms with Crippen LogP contribution >= 0.6 is 0 Å². The minimum Gasteiger partial charge on any atom is -0.383 e. The van der Waals surface area contributed by atoms with Crippen molar-refractivity contribution in [3.05, 3.63) is 52.2 Å². The number of halogens is 3. The molecule has 0 spiro atoms. The van der Waals surface area contributed by atoms with Crippen LogP contribution in [0.3, 0.4) is 0 Å². The van der Waals surface area contributed by atoms with Gasteiger partial charge in [0.05, 0.1) is 10.9 Å². The van der Waals surface area contributed by atoms with Crippen molar-refractivity contribution in [1.82, 2.24) is 15.0 Å². The van der Waals surface area contributed by atoms with Gasteiger partial charge in [-0.1, -0.05) is 12.1 Å². The number of hydrogen-bond donors (Lipinski definition) is 2. The maximum Gasteiger partial charge on any atom is 0.416 e. The molecular weight excluding hydrogens is 331 g/mol. The zero-order valence-electron chi connectivity index (χ0n) is 13.6. The summed E-state index contributed by atoms with van der Waals surface area (Å²) in [4.78, 5) is 12.5. The lowest BCUT2D eigenvalue weighted by Gasteiger charge is -2.14. The summed E-state index contributed by atoms with van der Waals surface area (Å²) in [7, 11) is 0. The van der Waals surface area contributed by atoms with Crippen LogP contribution < -0.4 is 11.5 Å². The van der Waals surface area contributed by atoms with Gasteiger partial charge in [-0.25, -0.2) is 4.98 Å². The minimum atomic E-state index is -4.35. The third-order valence-corrected chi connectivity index (χ3v) is 4.14. The average molecular weight is 347 g/mol. The summed E-state index contributed by atoms with van der Waals surface area (Å²) in [6.45, 7) is 3.69. The molecule has 2 heterocycles. The lowest BCUT2D eigenvalue weighted by Crippen LogP contribution is -2.07. The fraction of sp³-hybridized carbons (Fsp3) is 0.235. The van der Waals surface area contributed by atoms with E-state index in [2.05, 4.69) is 15.0 Å². The average Bonchev–Trinajstić information content (AvgIpc) is 2.50. The summed E-state index contributed by atoms with van der Waals surface area (Å²) >= 11 is 0. The van der Waals surface area contributed by atoms with Crippen LogP contribution in [0.15, 0.2) is 24.3 Å². The number of pyridine rings is 1. The van der Waals surface area contributed by atoms with Gasteiger partial charge in [-0.3, -0.25) is 0 Å². The number of nitrogens with two attached hydrogens (primary N) is 2. The van der Waals surface area contributed by atoms with Gasteiger partial charge in [-0.15, -0.1) is 0 Å². The molecule has 0 fully saturated rings. The topological polar surface area (TPSA) is 90.7 Å². The van der Waals surface area contributed by atoms with Crippen molar-refractivity contribution < 1.29 is 13.2 Å². The van der Waals surface area contributed by atoms with Crippen molar-refractivity contribution in [3.63, 3.8) is 0 Å². The molecule has 4 N–H and O–H groups in total. The molecule has 25 heavy (non-hydrogen) atoms. The Labute approximate surface area is 141 Å². The largest absolute Gasteiger partial charge is 0.416 e. The summed E-state index contributed by atoms with van der Waals surface area (Å²) < 4.78 is 38.0.